The molecule has 0 saturated heterocycles. The van der Waals surface area contributed by atoms with Crippen LogP contribution in [0.3, 0.4) is 0 Å². The molecule has 0 atom stereocenters. The predicted molar refractivity (Wildman–Crippen MR) is 65.0 cm³/mol. The van der Waals surface area contributed by atoms with Crippen LogP contribution >= 0.6 is 23.4 Å². The maximum atomic E-state index is 11.9. The van der Waals surface area contributed by atoms with Gasteiger partial charge in [-0.2, -0.15) is 13.2 Å². The van der Waals surface area contributed by atoms with E-state index in [1.807, 2.05) is 0 Å². The van der Waals surface area contributed by atoms with Gasteiger partial charge >= 0.3 is 5.51 Å². The third-order valence-electron chi connectivity index (χ3n) is 1.84. The molecule has 0 aliphatic rings. The number of hydrogen-bond acceptors (Lipinski definition) is 3. The topological polar surface area (TPSA) is 21.3 Å². The number of anilines is 1. The molecule has 96 valence electrons. The van der Waals surface area contributed by atoms with Gasteiger partial charge in [0.1, 0.15) is 5.75 Å². The summed E-state index contributed by atoms with van der Waals surface area (Å²) in [6.07, 6.45) is 0. The number of methoxy groups -OCH3 is 1. The van der Waals surface area contributed by atoms with Crippen molar-refractivity contribution in [1.29, 1.82) is 0 Å². The van der Waals surface area contributed by atoms with Gasteiger partial charge in [-0.15, -0.1) is 0 Å². The zero-order valence-corrected chi connectivity index (χ0v) is 10.5. The maximum absolute atomic E-state index is 11.9. The number of halogens is 4. The first-order valence-electron chi connectivity index (χ1n) is 4.70. The Balaban J connectivity index is 2.48. The van der Waals surface area contributed by atoms with Gasteiger partial charge in [0.05, 0.1) is 12.8 Å². The van der Waals surface area contributed by atoms with Crippen molar-refractivity contribution >= 4 is 29.1 Å². The monoisotopic (exact) mass is 285 g/mol. The zero-order chi connectivity index (χ0) is 12.9. The minimum Gasteiger partial charge on any atom is -0.495 e. The number of ether oxygens (including phenoxy) is 1. The lowest BCUT2D eigenvalue weighted by molar-refractivity contribution is -0.0327. The number of alkyl halides is 3. The van der Waals surface area contributed by atoms with Crippen LogP contribution in [0.15, 0.2) is 18.2 Å². The first-order chi connectivity index (χ1) is 7.92. The van der Waals surface area contributed by atoms with Gasteiger partial charge in [0, 0.05) is 17.3 Å². The molecule has 0 fully saturated rings. The first-order valence-corrected chi connectivity index (χ1v) is 6.07. The van der Waals surface area contributed by atoms with Crippen LogP contribution in [0, 0.1) is 0 Å². The third kappa shape index (κ3) is 5.41. The summed E-state index contributed by atoms with van der Waals surface area (Å²) in [6, 6.07) is 4.91. The molecule has 0 heterocycles. The highest BCUT2D eigenvalue weighted by Gasteiger charge is 2.27. The summed E-state index contributed by atoms with van der Waals surface area (Å²) in [7, 11) is 1.49. The van der Waals surface area contributed by atoms with E-state index in [2.05, 4.69) is 5.32 Å². The molecule has 0 unspecified atom stereocenters. The fourth-order valence-electron chi connectivity index (χ4n) is 1.17. The predicted octanol–water partition coefficient (Wildman–Crippen LogP) is 4.01. The summed E-state index contributed by atoms with van der Waals surface area (Å²) >= 11 is 5.71. The minimum absolute atomic E-state index is 0.0658. The second-order valence-electron chi connectivity index (χ2n) is 3.07. The molecule has 0 aromatic heterocycles. The Labute approximate surface area is 106 Å². The smallest absolute Gasteiger partial charge is 0.441 e. The summed E-state index contributed by atoms with van der Waals surface area (Å²) in [4.78, 5) is 0. The molecule has 1 N–H and O–H groups in total. The van der Waals surface area contributed by atoms with Gasteiger partial charge in [0.15, 0.2) is 0 Å². The molecule has 0 amide bonds. The maximum Gasteiger partial charge on any atom is 0.441 e. The highest BCUT2D eigenvalue weighted by molar-refractivity contribution is 8.00. The molecule has 17 heavy (non-hydrogen) atoms. The van der Waals surface area contributed by atoms with Crippen molar-refractivity contribution < 1.29 is 17.9 Å². The van der Waals surface area contributed by atoms with Gasteiger partial charge in [0.25, 0.3) is 0 Å². The van der Waals surface area contributed by atoms with Crippen molar-refractivity contribution in [2.45, 2.75) is 5.51 Å². The molecular formula is C10H11ClF3NOS. The molecule has 0 spiro atoms. The summed E-state index contributed by atoms with van der Waals surface area (Å²) in [6.45, 7) is 0.181. The van der Waals surface area contributed by atoms with Crippen LogP contribution < -0.4 is 10.1 Å². The molecule has 0 radical (unpaired) electrons. The highest BCUT2D eigenvalue weighted by Crippen LogP contribution is 2.31. The van der Waals surface area contributed by atoms with E-state index in [4.69, 9.17) is 16.3 Å². The van der Waals surface area contributed by atoms with Crippen molar-refractivity contribution in [2.75, 3.05) is 24.7 Å². The van der Waals surface area contributed by atoms with Crippen molar-refractivity contribution in [3.8, 4) is 5.75 Å². The molecule has 0 bridgehead atoms. The van der Waals surface area contributed by atoms with Crippen LogP contribution in [0.25, 0.3) is 0 Å². The SMILES string of the molecule is COc1ccc(Cl)cc1NCCSC(F)(F)F. The van der Waals surface area contributed by atoms with E-state index in [0.29, 0.717) is 16.5 Å². The molecule has 1 aromatic carbocycles. The number of rotatable bonds is 5. The van der Waals surface area contributed by atoms with Crippen LogP contribution in [0.5, 0.6) is 5.75 Å². The van der Waals surface area contributed by atoms with E-state index < -0.39 is 5.51 Å². The highest BCUT2D eigenvalue weighted by atomic mass is 35.5. The lowest BCUT2D eigenvalue weighted by Gasteiger charge is -2.11. The Morgan fingerprint density at radius 1 is 1.41 bits per heavy atom. The van der Waals surface area contributed by atoms with Crippen LogP contribution in [0.2, 0.25) is 5.02 Å². The zero-order valence-electron chi connectivity index (χ0n) is 8.97. The van der Waals surface area contributed by atoms with Gasteiger partial charge in [-0.25, -0.2) is 0 Å². The molecule has 7 heteroatoms. The van der Waals surface area contributed by atoms with Crippen molar-refractivity contribution in [1.82, 2.24) is 0 Å². The normalized spacial score (nSPS) is 11.4. The quantitative estimate of drug-likeness (QED) is 0.826. The fourth-order valence-corrected chi connectivity index (χ4v) is 1.78. The van der Waals surface area contributed by atoms with E-state index in [0.717, 1.165) is 0 Å². The van der Waals surface area contributed by atoms with Crippen LogP contribution in [-0.2, 0) is 0 Å². The summed E-state index contributed by atoms with van der Waals surface area (Å²) in [5.41, 5.74) is -3.61. The summed E-state index contributed by atoms with van der Waals surface area (Å²) in [5, 5.41) is 3.34. The Kier molecular flexibility index (Phi) is 5.27. The van der Waals surface area contributed by atoms with E-state index >= 15 is 0 Å². The Morgan fingerprint density at radius 3 is 2.71 bits per heavy atom. The number of thioether (sulfide) groups is 1. The lowest BCUT2D eigenvalue weighted by atomic mass is 10.3. The van der Waals surface area contributed by atoms with Gasteiger partial charge < -0.3 is 10.1 Å². The molecule has 0 aliphatic carbocycles. The molecular weight excluding hydrogens is 275 g/mol. The number of benzene rings is 1. The number of hydrogen-bond donors (Lipinski definition) is 1. The van der Waals surface area contributed by atoms with Gasteiger partial charge in [-0.3, -0.25) is 0 Å². The third-order valence-corrected chi connectivity index (χ3v) is 2.82. The fraction of sp³-hybridized carbons (Fsp3) is 0.400. The number of nitrogens with one attached hydrogen (secondary N) is 1. The molecule has 1 aromatic rings. The average molecular weight is 286 g/mol. The van der Waals surface area contributed by atoms with Crippen LogP contribution in [0.4, 0.5) is 18.9 Å². The molecule has 2 nitrogen and oxygen atoms in total. The summed E-state index contributed by atoms with van der Waals surface area (Å²) < 4.78 is 40.7. The second kappa shape index (κ2) is 6.26. The standard InChI is InChI=1S/C10H11ClF3NOS/c1-16-9-3-2-7(11)6-8(9)15-4-5-17-10(12,13)14/h2-3,6,15H,4-5H2,1H3. The Hall–Kier alpha value is -0.750. The van der Waals surface area contributed by atoms with E-state index in [1.54, 1.807) is 18.2 Å². The summed E-state index contributed by atoms with van der Waals surface area (Å²) in [5.74, 6) is 0.477. The van der Waals surface area contributed by atoms with E-state index in [1.165, 1.54) is 7.11 Å². The van der Waals surface area contributed by atoms with Gasteiger partial charge in [-0.1, -0.05) is 11.6 Å². The molecule has 0 aliphatic heterocycles. The van der Waals surface area contributed by atoms with Crippen molar-refractivity contribution in [3.63, 3.8) is 0 Å². The largest absolute Gasteiger partial charge is 0.495 e. The van der Waals surface area contributed by atoms with Crippen molar-refractivity contribution in [3.05, 3.63) is 23.2 Å². The second-order valence-corrected chi connectivity index (χ2v) is 4.66. The average Bonchev–Trinajstić information content (AvgIpc) is 2.23. The van der Waals surface area contributed by atoms with Gasteiger partial charge in [-0.05, 0) is 30.0 Å². The lowest BCUT2D eigenvalue weighted by Crippen LogP contribution is -2.10. The Bertz CT molecular complexity index is 373. The Morgan fingerprint density at radius 2 is 2.12 bits per heavy atom. The van der Waals surface area contributed by atoms with Crippen LogP contribution in [0.1, 0.15) is 0 Å². The van der Waals surface area contributed by atoms with Gasteiger partial charge in [0.2, 0.25) is 0 Å². The van der Waals surface area contributed by atoms with Crippen molar-refractivity contribution in [2.24, 2.45) is 0 Å². The van der Waals surface area contributed by atoms with E-state index in [9.17, 15) is 13.2 Å². The molecule has 1 rings (SSSR count). The van der Waals surface area contributed by atoms with E-state index in [-0.39, 0.29) is 24.1 Å². The van der Waals surface area contributed by atoms with Crippen LogP contribution in [-0.4, -0.2) is 24.9 Å². The molecule has 0 saturated carbocycles. The first kappa shape index (κ1) is 14.3. The minimum atomic E-state index is -4.19.